The molecule has 3 aromatic carbocycles. The number of carbonyl (C=O) groups is 2. The van der Waals surface area contributed by atoms with E-state index in [1.165, 1.54) is 12.1 Å². The Morgan fingerprint density at radius 1 is 1.06 bits per heavy atom. The standard InChI is InChI=1S/C25H22INO6S/c1-34-19-10-8-17(9-11-19)27-25(31)33-24(20-15-16(26)7-12-21(20)28)22(13-14-23(29)30)32-18-5-3-2-4-6-18/h2-15,22,24,28H,1H3,(H,27,31)(H,29,30)/b14-13+/t22-,24-/m1/s1. The number of nitrogens with one attached hydrogen (secondary N) is 1. The van der Waals surface area contributed by atoms with Crippen molar-refractivity contribution in [3.05, 3.63) is 94.1 Å². The van der Waals surface area contributed by atoms with Crippen molar-refractivity contribution in [2.75, 3.05) is 11.6 Å². The molecule has 3 rings (SSSR count). The number of aliphatic carboxylic acids is 1. The molecule has 0 radical (unpaired) electrons. The van der Waals surface area contributed by atoms with Gasteiger partial charge in [-0.1, -0.05) is 18.2 Å². The number of hydrogen-bond donors (Lipinski definition) is 3. The Bertz CT molecular complexity index is 1150. The molecule has 0 saturated heterocycles. The third-order valence-electron chi connectivity index (χ3n) is 4.61. The van der Waals surface area contributed by atoms with Crippen molar-refractivity contribution in [3.63, 3.8) is 0 Å². The van der Waals surface area contributed by atoms with Gasteiger partial charge in [-0.3, -0.25) is 5.32 Å². The molecular formula is C25H22INO6S. The zero-order chi connectivity index (χ0) is 24.5. The van der Waals surface area contributed by atoms with E-state index in [1.54, 1.807) is 60.3 Å². The van der Waals surface area contributed by atoms with Crippen LogP contribution in [0.5, 0.6) is 11.5 Å². The van der Waals surface area contributed by atoms with E-state index in [4.69, 9.17) is 9.47 Å². The fourth-order valence-electron chi connectivity index (χ4n) is 3.03. The first-order valence-corrected chi connectivity index (χ1v) is 12.4. The molecule has 0 spiro atoms. The quantitative estimate of drug-likeness (QED) is 0.157. The molecule has 0 aliphatic carbocycles. The Morgan fingerprint density at radius 3 is 2.41 bits per heavy atom. The van der Waals surface area contributed by atoms with Gasteiger partial charge in [0, 0.05) is 25.8 Å². The molecule has 176 valence electrons. The topological polar surface area (TPSA) is 105 Å². The zero-order valence-electron chi connectivity index (χ0n) is 18.1. The van der Waals surface area contributed by atoms with Gasteiger partial charge in [-0.25, -0.2) is 9.59 Å². The first-order valence-electron chi connectivity index (χ1n) is 10.1. The van der Waals surface area contributed by atoms with E-state index in [9.17, 15) is 19.8 Å². The van der Waals surface area contributed by atoms with Crippen LogP contribution in [-0.4, -0.2) is 34.6 Å². The van der Waals surface area contributed by atoms with Crippen LogP contribution in [0.2, 0.25) is 0 Å². The maximum atomic E-state index is 12.8. The van der Waals surface area contributed by atoms with Gasteiger partial charge in [-0.05, 0) is 89.5 Å². The third-order valence-corrected chi connectivity index (χ3v) is 6.02. The lowest BCUT2D eigenvalue weighted by Gasteiger charge is -2.27. The molecule has 34 heavy (non-hydrogen) atoms. The van der Waals surface area contributed by atoms with Crippen molar-refractivity contribution in [1.29, 1.82) is 0 Å². The first kappa shape index (κ1) is 25.4. The van der Waals surface area contributed by atoms with Crippen molar-refractivity contribution in [2.24, 2.45) is 0 Å². The largest absolute Gasteiger partial charge is 0.508 e. The van der Waals surface area contributed by atoms with Crippen LogP contribution in [-0.2, 0) is 9.53 Å². The predicted octanol–water partition coefficient (Wildman–Crippen LogP) is 6.10. The number of ether oxygens (including phenoxy) is 2. The maximum absolute atomic E-state index is 12.8. The van der Waals surface area contributed by atoms with Gasteiger partial charge in [-0.2, -0.15) is 0 Å². The average molecular weight is 591 g/mol. The molecule has 3 N–H and O–H groups in total. The minimum atomic E-state index is -1.19. The number of carboxylic acid groups (broad SMARTS) is 1. The summed E-state index contributed by atoms with van der Waals surface area (Å²) in [7, 11) is 0. The van der Waals surface area contributed by atoms with Gasteiger partial charge in [0.05, 0.1) is 0 Å². The molecule has 0 saturated carbocycles. The number of halogens is 1. The normalized spacial score (nSPS) is 12.6. The van der Waals surface area contributed by atoms with Crippen LogP contribution >= 0.6 is 34.4 Å². The molecule has 0 aliphatic heterocycles. The molecule has 2 atom stereocenters. The molecule has 0 heterocycles. The second kappa shape index (κ2) is 12.3. The molecule has 3 aromatic rings. The monoisotopic (exact) mass is 591 g/mol. The van der Waals surface area contributed by atoms with Gasteiger partial charge in [0.25, 0.3) is 0 Å². The lowest BCUT2D eigenvalue weighted by molar-refractivity contribution is -0.131. The smallest absolute Gasteiger partial charge is 0.412 e. The highest BCUT2D eigenvalue weighted by molar-refractivity contribution is 14.1. The molecular weight excluding hydrogens is 569 g/mol. The third kappa shape index (κ3) is 7.42. The fraction of sp³-hybridized carbons (Fsp3) is 0.120. The number of carbonyl (C=O) groups excluding carboxylic acids is 1. The summed E-state index contributed by atoms with van der Waals surface area (Å²) in [5.74, 6) is -0.868. The number of thioether (sulfide) groups is 1. The van der Waals surface area contributed by atoms with Crippen molar-refractivity contribution < 1.29 is 29.3 Å². The second-order valence-corrected chi connectivity index (χ2v) is 9.10. The number of rotatable bonds is 9. The summed E-state index contributed by atoms with van der Waals surface area (Å²) in [6.45, 7) is 0. The van der Waals surface area contributed by atoms with Crippen LogP contribution in [0.25, 0.3) is 0 Å². The summed E-state index contributed by atoms with van der Waals surface area (Å²) >= 11 is 3.65. The first-order chi connectivity index (χ1) is 16.4. The zero-order valence-corrected chi connectivity index (χ0v) is 21.0. The van der Waals surface area contributed by atoms with Gasteiger partial charge in [0.1, 0.15) is 11.5 Å². The van der Waals surface area contributed by atoms with Gasteiger partial charge in [0.2, 0.25) is 0 Å². The predicted molar refractivity (Wildman–Crippen MR) is 140 cm³/mol. The SMILES string of the molecule is CSc1ccc(NC(=O)O[C@H](c2cc(I)ccc2O)[C@@H](/C=C/C(=O)O)Oc2ccccc2)cc1. The fourth-order valence-corrected chi connectivity index (χ4v) is 3.96. The summed E-state index contributed by atoms with van der Waals surface area (Å²) in [4.78, 5) is 25.1. The molecule has 9 heteroatoms. The van der Waals surface area contributed by atoms with Crippen LogP contribution < -0.4 is 10.1 Å². The van der Waals surface area contributed by atoms with Crippen LogP contribution in [0.3, 0.4) is 0 Å². The van der Waals surface area contributed by atoms with E-state index < -0.39 is 24.3 Å². The highest BCUT2D eigenvalue weighted by Gasteiger charge is 2.30. The summed E-state index contributed by atoms with van der Waals surface area (Å²) < 4.78 is 12.5. The van der Waals surface area contributed by atoms with Gasteiger partial charge >= 0.3 is 12.1 Å². The molecule has 0 aromatic heterocycles. The van der Waals surface area contributed by atoms with Crippen LogP contribution in [0, 0.1) is 3.57 Å². The van der Waals surface area contributed by atoms with Crippen LogP contribution in [0.4, 0.5) is 10.5 Å². The summed E-state index contributed by atoms with van der Waals surface area (Å²) in [5, 5.41) is 22.4. The highest BCUT2D eigenvalue weighted by atomic mass is 127. The Kier molecular flexibility index (Phi) is 9.23. The lowest BCUT2D eigenvalue weighted by Crippen LogP contribution is -2.30. The van der Waals surface area contributed by atoms with Gasteiger partial charge in [0.15, 0.2) is 12.2 Å². The van der Waals surface area contributed by atoms with Gasteiger partial charge in [-0.15, -0.1) is 11.8 Å². The van der Waals surface area contributed by atoms with E-state index in [0.717, 1.165) is 14.5 Å². The lowest BCUT2D eigenvalue weighted by atomic mass is 10.0. The number of aromatic hydroxyl groups is 1. The van der Waals surface area contributed by atoms with Crippen molar-refractivity contribution >= 4 is 52.1 Å². The Labute approximate surface area is 214 Å². The Morgan fingerprint density at radius 2 is 1.76 bits per heavy atom. The minimum absolute atomic E-state index is 0.118. The van der Waals surface area contributed by atoms with E-state index in [0.29, 0.717) is 11.4 Å². The number of hydrogen-bond acceptors (Lipinski definition) is 6. The highest BCUT2D eigenvalue weighted by Crippen LogP contribution is 2.34. The molecule has 0 unspecified atom stereocenters. The number of amides is 1. The van der Waals surface area contributed by atoms with Crippen molar-refractivity contribution in [2.45, 2.75) is 17.1 Å². The summed E-state index contributed by atoms with van der Waals surface area (Å²) in [6, 6.07) is 20.8. The van der Waals surface area contributed by atoms with Gasteiger partial charge < -0.3 is 19.7 Å². The molecule has 0 bridgehead atoms. The Balaban J connectivity index is 1.95. The summed E-state index contributed by atoms with van der Waals surface area (Å²) in [6.07, 6.45) is 1.15. The molecule has 1 amide bonds. The minimum Gasteiger partial charge on any atom is -0.508 e. The molecule has 7 nitrogen and oxygen atoms in total. The maximum Gasteiger partial charge on any atom is 0.412 e. The van der Waals surface area contributed by atoms with Crippen LogP contribution in [0.1, 0.15) is 11.7 Å². The second-order valence-electron chi connectivity index (χ2n) is 6.98. The molecule has 0 aliphatic rings. The van der Waals surface area contributed by atoms with E-state index in [1.807, 2.05) is 24.5 Å². The number of phenols is 1. The summed E-state index contributed by atoms with van der Waals surface area (Å²) in [5.41, 5.74) is 0.797. The molecule has 0 fully saturated rings. The number of benzene rings is 3. The van der Waals surface area contributed by atoms with Crippen LogP contribution in [0.15, 0.2) is 89.8 Å². The van der Waals surface area contributed by atoms with Crippen molar-refractivity contribution in [1.82, 2.24) is 0 Å². The van der Waals surface area contributed by atoms with E-state index in [-0.39, 0.29) is 11.3 Å². The van der Waals surface area contributed by atoms with E-state index in [2.05, 4.69) is 27.9 Å². The van der Waals surface area contributed by atoms with Crippen molar-refractivity contribution in [3.8, 4) is 11.5 Å². The average Bonchev–Trinajstić information content (AvgIpc) is 2.83. The van der Waals surface area contributed by atoms with E-state index >= 15 is 0 Å². The Hall–Kier alpha value is -3.18. The number of carboxylic acids is 1. The number of phenolic OH excluding ortho intramolecular Hbond substituents is 1. The number of anilines is 1. The number of para-hydroxylation sites is 1.